The summed E-state index contributed by atoms with van der Waals surface area (Å²) < 4.78 is 5.18. The molecule has 2 aliphatic heterocycles. The Morgan fingerprint density at radius 3 is 2.68 bits per heavy atom. The third-order valence-corrected chi connectivity index (χ3v) is 5.26. The molecule has 0 unspecified atom stereocenters. The zero-order valence-electron chi connectivity index (χ0n) is 13.3. The highest BCUT2D eigenvalue weighted by atomic mass is 32.2. The summed E-state index contributed by atoms with van der Waals surface area (Å²) in [5.41, 5.74) is 1.41. The molecule has 120 valence electrons. The molecular formula is C15H22N4O2S. The summed E-state index contributed by atoms with van der Waals surface area (Å²) >= 11 is 1.84. The number of thioether (sulfide) groups is 1. The molecule has 1 amide bonds. The van der Waals surface area contributed by atoms with E-state index >= 15 is 0 Å². The van der Waals surface area contributed by atoms with E-state index in [2.05, 4.69) is 22.0 Å². The topological polar surface area (TPSA) is 61.9 Å². The van der Waals surface area contributed by atoms with Crippen molar-refractivity contribution < 1.29 is 9.32 Å². The van der Waals surface area contributed by atoms with E-state index in [-0.39, 0.29) is 5.91 Å². The predicted octanol–water partition coefficient (Wildman–Crippen LogP) is 1.79. The normalized spacial score (nSPS) is 22.1. The van der Waals surface area contributed by atoms with Gasteiger partial charge in [-0.2, -0.15) is 0 Å². The van der Waals surface area contributed by atoms with Crippen LogP contribution in [0.15, 0.2) is 9.52 Å². The molecule has 3 heterocycles. The van der Waals surface area contributed by atoms with Gasteiger partial charge in [0.25, 0.3) is 5.91 Å². The van der Waals surface area contributed by atoms with Crippen molar-refractivity contribution in [1.29, 1.82) is 0 Å². The van der Waals surface area contributed by atoms with Crippen LogP contribution in [0.5, 0.6) is 0 Å². The van der Waals surface area contributed by atoms with Crippen molar-refractivity contribution in [2.24, 2.45) is 4.99 Å². The summed E-state index contributed by atoms with van der Waals surface area (Å²) in [5.74, 6) is 0.665. The van der Waals surface area contributed by atoms with Crippen molar-refractivity contribution >= 4 is 22.8 Å². The maximum atomic E-state index is 12.7. The Balaban J connectivity index is 1.64. The number of hydrogen-bond acceptors (Lipinski definition) is 6. The maximum Gasteiger partial charge on any atom is 0.259 e. The quantitative estimate of drug-likeness (QED) is 0.831. The number of amides is 1. The second kappa shape index (κ2) is 6.32. The first-order valence-electron chi connectivity index (χ1n) is 7.80. The minimum Gasteiger partial charge on any atom is -0.361 e. The zero-order valence-corrected chi connectivity index (χ0v) is 14.2. The lowest BCUT2D eigenvalue weighted by atomic mass is 10.1. The fraction of sp³-hybridized carbons (Fsp3) is 0.667. The Kier molecular flexibility index (Phi) is 4.42. The molecule has 7 heteroatoms. The third kappa shape index (κ3) is 2.86. The van der Waals surface area contributed by atoms with E-state index in [0.717, 1.165) is 43.6 Å². The largest absolute Gasteiger partial charge is 0.361 e. The van der Waals surface area contributed by atoms with Crippen molar-refractivity contribution in [3.05, 3.63) is 17.0 Å². The van der Waals surface area contributed by atoms with Crippen LogP contribution >= 0.6 is 11.8 Å². The van der Waals surface area contributed by atoms with Gasteiger partial charge in [0.15, 0.2) is 5.17 Å². The second-order valence-electron chi connectivity index (χ2n) is 5.74. The van der Waals surface area contributed by atoms with Gasteiger partial charge in [0.05, 0.1) is 12.2 Å². The number of piperazine rings is 1. The van der Waals surface area contributed by atoms with E-state index in [1.54, 1.807) is 6.92 Å². The van der Waals surface area contributed by atoms with Crippen molar-refractivity contribution in [2.75, 3.05) is 32.7 Å². The Morgan fingerprint density at radius 2 is 2.09 bits per heavy atom. The van der Waals surface area contributed by atoms with E-state index in [9.17, 15) is 4.79 Å². The molecule has 1 atom stereocenters. The molecule has 0 N–H and O–H groups in total. The fourth-order valence-corrected chi connectivity index (χ4v) is 3.82. The summed E-state index contributed by atoms with van der Waals surface area (Å²) in [6.07, 6.45) is 0.712. The van der Waals surface area contributed by atoms with Gasteiger partial charge in [-0.05, 0) is 13.3 Å². The molecule has 0 radical (unpaired) electrons. The summed E-state index contributed by atoms with van der Waals surface area (Å²) in [6.45, 7) is 10.0. The van der Waals surface area contributed by atoms with E-state index in [1.807, 2.05) is 23.6 Å². The minimum absolute atomic E-state index is 0.0460. The minimum atomic E-state index is 0.0460. The first-order chi connectivity index (χ1) is 10.6. The Labute approximate surface area is 134 Å². The number of aromatic nitrogens is 1. The molecule has 22 heavy (non-hydrogen) atoms. The molecule has 0 aliphatic carbocycles. The first kappa shape index (κ1) is 15.4. The molecule has 1 fully saturated rings. The molecular weight excluding hydrogens is 300 g/mol. The smallest absolute Gasteiger partial charge is 0.259 e. The Hall–Kier alpha value is -1.50. The number of aryl methyl sites for hydroxylation is 2. The molecule has 0 spiro atoms. The number of aliphatic imine (C=N–C) groups is 1. The standard InChI is InChI=1S/C15H22N4O2S/c1-4-12-13(11(3)21-17-12)14(20)18-5-7-19(8-6-18)15-16-9-10(2)22-15/h10H,4-9H2,1-3H3/t10-/m1/s1. The van der Waals surface area contributed by atoms with Crippen LogP contribution < -0.4 is 0 Å². The number of hydrogen-bond donors (Lipinski definition) is 0. The van der Waals surface area contributed by atoms with Gasteiger partial charge in [0.2, 0.25) is 0 Å². The Morgan fingerprint density at radius 1 is 1.36 bits per heavy atom. The maximum absolute atomic E-state index is 12.7. The highest BCUT2D eigenvalue weighted by molar-refractivity contribution is 8.14. The molecule has 2 aliphatic rings. The van der Waals surface area contributed by atoms with Gasteiger partial charge in [-0.1, -0.05) is 30.8 Å². The number of amidine groups is 1. The van der Waals surface area contributed by atoms with Crippen molar-refractivity contribution in [2.45, 2.75) is 32.4 Å². The van der Waals surface area contributed by atoms with Crippen molar-refractivity contribution in [1.82, 2.24) is 15.0 Å². The average molecular weight is 322 g/mol. The van der Waals surface area contributed by atoms with Gasteiger partial charge in [0.1, 0.15) is 11.3 Å². The van der Waals surface area contributed by atoms with Crippen LogP contribution in [0.3, 0.4) is 0 Å². The van der Waals surface area contributed by atoms with Crippen LogP contribution in [0.2, 0.25) is 0 Å². The van der Waals surface area contributed by atoms with E-state index < -0.39 is 0 Å². The van der Waals surface area contributed by atoms with Gasteiger partial charge in [-0.3, -0.25) is 9.79 Å². The number of rotatable bonds is 2. The van der Waals surface area contributed by atoms with Crippen LogP contribution in [0, 0.1) is 6.92 Å². The highest BCUT2D eigenvalue weighted by Crippen LogP contribution is 2.24. The molecule has 0 saturated carbocycles. The van der Waals surface area contributed by atoms with Crippen LogP contribution in [-0.4, -0.2) is 64.0 Å². The molecule has 0 aromatic carbocycles. The van der Waals surface area contributed by atoms with Crippen LogP contribution in [-0.2, 0) is 6.42 Å². The lowest BCUT2D eigenvalue weighted by Gasteiger charge is -2.35. The molecule has 1 aromatic rings. The summed E-state index contributed by atoms with van der Waals surface area (Å²) in [4.78, 5) is 21.5. The number of nitrogens with zero attached hydrogens (tertiary/aromatic N) is 4. The number of carbonyl (C=O) groups is 1. The molecule has 3 rings (SSSR count). The zero-order chi connectivity index (χ0) is 15.7. The molecule has 6 nitrogen and oxygen atoms in total. The van der Waals surface area contributed by atoms with Crippen molar-refractivity contribution in [3.63, 3.8) is 0 Å². The predicted molar refractivity (Wildman–Crippen MR) is 87.4 cm³/mol. The number of carbonyl (C=O) groups excluding carboxylic acids is 1. The fourth-order valence-electron chi connectivity index (χ4n) is 2.83. The summed E-state index contributed by atoms with van der Waals surface area (Å²) in [7, 11) is 0. The average Bonchev–Trinajstić information content (AvgIpc) is 3.12. The summed E-state index contributed by atoms with van der Waals surface area (Å²) in [6, 6.07) is 0. The van der Waals surface area contributed by atoms with Crippen LogP contribution in [0.1, 0.15) is 35.7 Å². The van der Waals surface area contributed by atoms with Gasteiger partial charge in [0, 0.05) is 31.4 Å². The Bertz CT molecular complexity index is 590. The summed E-state index contributed by atoms with van der Waals surface area (Å²) in [5, 5.41) is 5.69. The van der Waals surface area contributed by atoms with Gasteiger partial charge in [-0.15, -0.1) is 0 Å². The SMILES string of the molecule is CCc1noc(C)c1C(=O)N1CCN(C2=NC[C@@H](C)S2)CC1. The van der Waals surface area contributed by atoms with E-state index in [4.69, 9.17) is 4.52 Å². The van der Waals surface area contributed by atoms with E-state index in [1.165, 1.54) is 0 Å². The van der Waals surface area contributed by atoms with Crippen LogP contribution in [0.25, 0.3) is 0 Å². The second-order valence-corrected chi connectivity index (χ2v) is 7.15. The lowest BCUT2D eigenvalue weighted by Crippen LogP contribution is -2.50. The highest BCUT2D eigenvalue weighted by Gasteiger charge is 2.29. The molecule has 1 aromatic heterocycles. The first-order valence-corrected chi connectivity index (χ1v) is 8.68. The monoisotopic (exact) mass is 322 g/mol. The van der Waals surface area contributed by atoms with Crippen molar-refractivity contribution in [3.8, 4) is 0 Å². The van der Waals surface area contributed by atoms with Gasteiger partial charge in [-0.25, -0.2) is 0 Å². The molecule has 0 bridgehead atoms. The van der Waals surface area contributed by atoms with Gasteiger partial charge < -0.3 is 14.3 Å². The third-order valence-electron chi connectivity index (χ3n) is 4.11. The molecule has 1 saturated heterocycles. The van der Waals surface area contributed by atoms with E-state index in [0.29, 0.717) is 23.0 Å². The van der Waals surface area contributed by atoms with Gasteiger partial charge >= 0.3 is 0 Å². The van der Waals surface area contributed by atoms with Crippen LogP contribution in [0.4, 0.5) is 0 Å². The lowest BCUT2D eigenvalue weighted by molar-refractivity contribution is 0.0691.